The lowest BCUT2D eigenvalue weighted by molar-refractivity contribution is 0.995. The maximum atomic E-state index is 4.80. The normalized spacial score (nSPS) is 16.7. The van der Waals surface area contributed by atoms with Crippen molar-refractivity contribution in [3.8, 4) is 0 Å². The van der Waals surface area contributed by atoms with Crippen molar-refractivity contribution in [2.24, 2.45) is 15.0 Å². The lowest BCUT2D eigenvalue weighted by Gasteiger charge is -2.07. The summed E-state index contributed by atoms with van der Waals surface area (Å²) in [6.07, 6.45) is 5.33. The van der Waals surface area contributed by atoms with Crippen molar-refractivity contribution in [1.82, 2.24) is 4.98 Å². The number of hydrogen-bond donors (Lipinski definition) is 0. The molecule has 2 aromatic carbocycles. The fourth-order valence-electron chi connectivity index (χ4n) is 2.67. The Balaban J connectivity index is 1.70. The molecule has 2 heterocycles. The molecule has 4 rings (SSSR count). The molecule has 0 saturated carbocycles. The van der Waals surface area contributed by atoms with Crippen LogP contribution < -0.4 is 0 Å². The Morgan fingerprint density at radius 1 is 0.840 bits per heavy atom. The van der Waals surface area contributed by atoms with Crippen LogP contribution >= 0.6 is 0 Å². The van der Waals surface area contributed by atoms with Gasteiger partial charge in [-0.2, -0.15) is 0 Å². The maximum absolute atomic E-state index is 4.80. The Hall–Kier alpha value is -3.40. The fourth-order valence-corrected chi connectivity index (χ4v) is 2.67. The zero-order chi connectivity index (χ0) is 16.9. The lowest BCUT2D eigenvalue weighted by Crippen LogP contribution is -2.08. The average Bonchev–Trinajstić information content (AvgIpc) is 3.13. The summed E-state index contributed by atoms with van der Waals surface area (Å²) in [5.41, 5.74) is 3.73. The summed E-state index contributed by atoms with van der Waals surface area (Å²) in [6.45, 7) is 0. The molecule has 0 N–H and O–H groups in total. The zero-order valence-corrected chi connectivity index (χ0v) is 13.5. The molecule has 3 aromatic rings. The summed E-state index contributed by atoms with van der Waals surface area (Å²) in [5, 5.41) is 0. The molecule has 0 spiro atoms. The minimum Gasteiger partial charge on any atom is -0.264 e. The predicted molar refractivity (Wildman–Crippen MR) is 102 cm³/mol. The van der Waals surface area contributed by atoms with Gasteiger partial charge in [0.1, 0.15) is 6.04 Å². The van der Waals surface area contributed by atoms with Gasteiger partial charge in [0.15, 0.2) is 5.84 Å². The highest BCUT2D eigenvalue weighted by Crippen LogP contribution is 2.25. The summed E-state index contributed by atoms with van der Waals surface area (Å²) in [6, 6.07) is 23.7. The van der Waals surface area contributed by atoms with Gasteiger partial charge in [-0.25, -0.2) is 4.99 Å². The van der Waals surface area contributed by atoms with E-state index in [2.05, 4.69) is 22.1 Å². The molecular weight excluding hydrogens is 308 g/mol. The van der Waals surface area contributed by atoms with Gasteiger partial charge in [0.25, 0.3) is 0 Å². The van der Waals surface area contributed by atoms with Gasteiger partial charge in [-0.05, 0) is 29.8 Å². The van der Waals surface area contributed by atoms with E-state index < -0.39 is 0 Å². The molecule has 0 aliphatic carbocycles. The molecule has 1 aliphatic heterocycles. The van der Waals surface area contributed by atoms with Gasteiger partial charge < -0.3 is 0 Å². The van der Waals surface area contributed by atoms with E-state index in [9.17, 15) is 0 Å². The second-order valence-corrected chi connectivity index (χ2v) is 5.64. The van der Waals surface area contributed by atoms with Crippen LogP contribution in [0.5, 0.6) is 0 Å². The topological polar surface area (TPSA) is 50.0 Å². The fraction of sp³-hybridized carbons (Fsp3) is 0.0476. The van der Waals surface area contributed by atoms with Gasteiger partial charge in [0, 0.05) is 18.0 Å². The Labute approximate surface area is 146 Å². The van der Waals surface area contributed by atoms with Crippen molar-refractivity contribution in [2.75, 3.05) is 0 Å². The molecule has 4 heteroatoms. The monoisotopic (exact) mass is 324 g/mol. The summed E-state index contributed by atoms with van der Waals surface area (Å²) in [5.74, 6) is 0.691. The van der Waals surface area contributed by atoms with Crippen LogP contribution in [-0.2, 0) is 0 Å². The zero-order valence-electron chi connectivity index (χ0n) is 13.5. The Morgan fingerprint density at radius 3 is 2.32 bits per heavy atom. The minimum absolute atomic E-state index is 0.149. The first-order valence-corrected chi connectivity index (χ1v) is 8.11. The number of pyridine rings is 1. The Kier molecular flexibility index (Phi) is 4.25. The van der Waals surface area contributed by atoms with E-state index >= 15 is 0 Å². The highest BCUT2D eigenvalue weighted by Gasteiger charge is 2.23. The summed E-state index contributed by atoms with van der Waals surface area (Å²) in [4.78, 5) is 18.2. The minimum atomic E-state index is -0.149. The van der Waals surface area contributed by atoms with E-state index in [0.29, 0.717) is 5.84 Å². The number of rotatable bonds is 4. The largest absolute Gasteiger partial charge is 0.264 e. The number of hydrogen-bond acceptors (Lipinski definition) is 4. The summed E-state index contributed by atoms with van der Waals surface area (Å²) < 4.78 is 0. The number of para-hydroxylation sites is 1. The second-order valence-electron chi connectivity index (χ2n) is 5.64. The summed E-state index contributed by atoms with van der Waals surface area (Å²) in [7, 11) is 0. The first-order chi connectivity index (χ1) is 12.4. The van der Waals surface area contributed by atoms with Crippen LogP contribution in [0.25, 0.3) is 0 Å². The van der Waals surface area contributed by atoms with Gasteiger partial charge >= 0.3 is 0 Å². The van der Waals surface area contributed by atoms with Crippen LogP contribution in [0.3, 0.4) is 0 Å². The molecule has 0 fully saturated rings. The van der Waals surface area contributed by atoms with E-state index in [-0.39, 0.29) is 6.04 Å². The number of nitrogens with zero attached hydrogens (tertiary/aromatic N) is 4. The SMILES string of the molecule is C(=Nc1ccccc1)C1=NC(c2cccnc2)=NC1c1ccccc1. The van der Waals surface area contributed by atoms with Crippen LogP contribution in [0.15, 0.2) is 100 Å². The third kappa shape index (κ3) is 3.43. The van der Waals surface area contributed by atoms with Crippen LogP contribution in [0, 0.1) is 0 Å². The van der Waals surface area contributed by atoms with Crippen LogP contribution in [0.4, 0.5) is 5.69 Å². The number of aliphatic imine (C=N–C) groups is 3. The van der Waals surface area contributed by atoms with E-state index in [4.69, 9.17) is 9.98 Å². The van der Waals surface area contributed by atoms with E-state index in [0.717, 1.165) is 22.5 Å². The van der Waals surface area contributed by atoms with Crippen LogP contribution in [0.1, 0.15) is 17.2 Å². The van der Waals surface area contributed by atoms with E-state index in [1.165, 1.54) is 0 Å². The Morgan fingerprint density at radius 2 is 1.60 bits per heavy atom. The lowest BCUT2D eigenvalue weighted by atomic mass is 10.0. The van der Waals surface area contributed by atoms with Crippen LogP contribution in [-0.4, -0.2) is 22.7 Å². The van der Waals surface area contributed by atoms with Gasteiger partial charge in [0.05, 0.1) is 17.6 Å². The number of aromatic nitrogens is 1. The van der Waals surface area contributed by atoms with E-state index in [1.54, 1.807) is 18.6 Å². The molecule has 1 unspecified atom stereocenters. The van der Waals surface area contributed by atoms with Gasteiger partial charge in [-0.1, -0.05) is 48.5 Å². The molecule has 0 saturated heterocycles. The first-order valence-electron chi connectivity index (χ1n) is 8.11. The van der Waals surface area contributed by atoms with E-state index in [1.807, 2.05) is 60.7 Å². The van der Waals surface area contributed by atoms with Crippen LogP contribution in [0.2, 0.25) is 0 Å². The third-order valence-electron chi connectivity index (χ3n) is 3.90. The molecule has 0 amide bonds. The molecule has 0 bridgehead atoms. The molecule has 120 valence electrons. The Bertz CT molecular complexity index is 929. The summed E-state index contributed by atoms with van der Waals surface area (Å²) >= 11 is 0. The third-order valence-corrected chi connectivity index (χ3v) is 3.90. The molecule has 0 radical (unpaired) electrons. The van der Waals surface area contributed by atoms with Crippen molar-refractivity contribution < 1.29 is 0 Å². The molecule has 1 aromatic heterocycles. The highest BCUT2D eigenvalue weighted by molar-refractivity contribution is 6.38. The highest BCUT2D eigenvalue weighted by atomic mass is 15.0. The average molecular weight is 324 g/mol. The molecule has 4 nitrogen and oxygen atoms in total. The van der Waals surface area contributed by atoms with Crippen molar-refractivity contribution in [1.29, 1.82) is 0 Å². The second kappa shape index (κ2) is 7.01. The van der Waals surface area contributed by atoms with Crippen molar-refractivity contribution in [2.45, 2.75) is 6.04 Å². The van der Waals surface area contributed by atoms with Crippen molar-refractivity contribution in [3.05, 3.63) is 96.3 Å². The van der Waals surface area contributed by atoms with Gasteiger partial charge in [0.2, 0.25) is 0 Å². The molecular formula is C21H16N4. The number of amidine groups is 1. The number of benzene rings is 2. The quantitative estimate of drug-likeness (QED) is 0.655. The predicted octanol–water partition coefficient (Wildman–Crippen LogP) is 4.43. The smallest absolute Gasteiger partial charge is 0.157 e. The molecule has 1 aliphatic rings. The first kappa shape index (κ1) is 15.1. The van der Waals surface area contributed by atoms with Crippen molar-refractivity contribution in [3.63, 3.8) is 0 Å². The standard InChI is InChI=1S/C21H16N4/c1-3-8-16(9-4-1)20-19(15-23-18-11-5-2-6-12-18)24-21(25-20)17-10-7-13-22-14-17/h1-15,20H. The molecule has 25 heavy (non-hydrogen) atoms. The van der Waals surface area contributed by atoms with Gasteiger partial charge in [-0.15, -0.1) is 0 Å². The maximum Gasteiger partial charge on any atom is 0.157 e. The van der Waals surface area contributed by atoms with Crippen molar-refractivity contribution >= 4 is 23.4 Å². The van der Waals surface area contributed by atoms with Gasteiger partial charge in [-0.3, -0.25) is 15.0 Å². The molecule has 1 atom stereocenters.